The smallest absolute Gasteiger partial charge is 0.330 e. The van der Waals surface area contributed by atoms with E-state index in [0.29, 0.717) is 6.42 Å². The molecule has 1 aromatic rings. The maximum atomic E-state index is 12.0. The van der Waals surface area contributed by atoms with Gasteiger partial charge in [0.05, 0.1) is 13.5 Å². The van der Waals surface area contributed by atoms with Crippen LogP contribution in [-0.4, -0.2) is 30.3 Å². The molecule has 0 unspecified atom stereocenters. The summed E-state index contributed by atoms with van der Waals surface area (Å²) in [6, 6.07) is 1.83. The predicted octanol–water partition coefficient (Wildman–Crippen LogP) is 1.49. The van der Waals surface area contributed by atoms with E-state index >= 15 is 0 Å². The molecule has 1 aromatic heterocycles. The fourth-order valence-electron chi connectivity index (χ4n) is 1.78. The van der Waals surface area contributed by atoms with E-state index in [-0.39, 0.29) is 18.1 Å². The van der Waals surface area contributed by atoms with E-state index < -0.39 is 11.5 Å². The lowest BCUT2D eigenvalue weighted by molar-refractivity contribution is -0.149. The number of thiophene rings is 1. The molecular formula is C14H19NO4S. The molecule has 20 heavy (non-hydrogen) atoms. The zero-order valence-electron chi connectivity index (χ0n) is 12.1. The monoisotopic (exact) mass is 297 g/mol. The van der Waals surface area contributed by atoms with Crippen LogP contribution in [0.3, 0.4) is 0 Å². The Morgan fingerprint density at radius 1 is 1.30 bits per heavy atom. The molecule has 1 N–H and O–H groups in total. The summed E-state index contributed by atoms with van der Waals surface area (Å²) in [5.41, 5.74) is -0.244. The highest BCUT2D eigenvalue weighted by Gasteiger charge is 2.30. The Bertz CT molecular complexity index is 519. The second-order valence-electron chi connectivity index (χ2n) is 5.09. The second-order valence-corrected chi connectivity index (χ2v) is 6.09. The molecule has 6 heteroatoms. The van der Waals surface area contributed by atoms with Crippen molar-refractivity contribution in [2.24, 2.45) is 0 Å². The van der Waals surface area contributed by atoms with Gasteiger partial charge in [0.2, 0.25) is 5.91 Å². The van der Waals surface area contributed by atoms with Crippen molar-refractivity contribution in [2.75, 3.05) is 7.11 Å². The summed E-state index contributed by atoms with van der Waals surface area (Å²) in [6.07, 6.45) is 0.479. The molecule has 1 rings (SSSR count). The number of rotatable bonds is 6. The van der Waals surface area contributed by atoms with Gasteiger partial charge in [0, 0.05) is 11.3 Å². The van der Waals surface area contributed by atoms with Crippen LogP contribution in [-0.2, 0) is 32.0 Å². The molecule has 0 bridgehead atoms. The molecule has 0 aromatic carbocycles. The average Bonchev–Trinajstić information content (AvgIpc) is 2.73. The Morgan fingerprint density at radius 3 is 2.50 bits per heavy atom. The minimum Gasteiger partial charge on any atom is -0.467 e. The number of methoxy groups -OCH3 is 1. The first-order chi connectivity index (χ1) is 9.26. The summed E-state index contributed by atoms with van der Waals surface area (Å²) < 4.78 is 4.63. The number of esters is 1. The molecule has 0 fully saturated rings. The van der Waals surface area contributed by atoms with Crippen LogP contribution in [0.5, 0.6) is 0 Å². The highest BCUT2D eigenvalue weighted by atomic mass is 32.1. The fourth-order valence-corrected chi connectivity index (χ4v) is 2.75. The highest BCUT2D eigenvalue weighted by Crippen LogP contribution is 2.19. The van der Waals surface area contributed by atoms with Crippen molar-refractivity contribution in [3.05, 3.63) is 21.9 Å². The van der Waals surface area contributed by atoms with E-state index in [1.165, 1.54) is 25.4 Å². The zero-order chi connectivity index (χ0) is 15.3. The third-order valence-electron chi connectivity index (χ3n) is 2.75. The lowest BCUT2D eigenvalue weighted by Crippen LogP contribution is -2.50. The van der Waals surface area contributed by atoms with Crippen LogP contribution in [0.25, 0.3) is 0 Å². The molecule has 0 atom stereocenters. The third-order valence-corrected chi connectivity index (χ3v) is 3.71. The van der Waals surface area contributed by atoms with E-state index in [9.17, 15) is 14.4 Å². The van der Waals surface area contributed by atoms with Crippen molar-refractivity contribution >= 4 is 29.0 Å². The molecule has 0 spiro atoms. The highest BCUT2D eigenvalue weighted by molar-refractivity contribution is 7.10. The normalized spacial score (nSPS) is 11.0. The van der Waals surface area contributed by atoms with Crippen LogP contribution >= 0.6 is 11.3 Å². The van der Waals surface area contributed by atoms with Gasteiger partial charge in [0.25, 0.3) is 0 Å². The van der Waals surface area contributed by atoms with E-state index in [2.05, 4.69) is 10.1 Å². The van der Waals surface area contributed by atoms with E-state index in [4.69, 9.17) is 0 Å². The molecule has 0 saturated heterocycles. The number of ketones is 1. The van der Waals surface area contributed by atoms with E-state index in [1.54, 1.807) is 13.8 Å². The minimum atomic E-state index is -1.07. The Morgan fingerprint density at radius 2 is 1.95 bits per heavy atom. The molecule has 0 aliphatic carbocycles. The van der Waals surface area contributed by atoms with Crippen LogP contribution in [0.4, 0.5) is 0 Å². The number of hydrogen-bond donors (Lipinski definition) is 1. The minimum absolute atomic E-state index is 0.0593. The topological polar surface area (TPSA) is 72.5 Å². The third kappa shape index (κ3) is 4.45. The van der Waals surface area contributed by atoms with Crippen LogP contribution < -0.4 is 5.32 Å². The molecule has 0 saturated carbocycles. The molecule has 0 aliphatic rings. The summed E-state index contributed by atoms with van der Waals surface area (Å²) in [7, 11) is 1.28. The van der Waals surface area contributed by atoms with Crippen LogP contribution in [0.15, 0.2) is 11.4 Å². The predicted molar refractivity (Wildman–Crippen MR) is 76.6 cm³/mol. The number of amides is 1. The molecule has 110 valence electrons. The first kappa shape index (κ1) is 16.4. The van der Waals surface area contributed by atoms with Crippen LogP contribution in [0, 0.1) is 0 Å². The standard InChI is InChI=1S/C14H19NO4S/c1-9(16)7-11-10(5-6-20-11)8-12(17)15-14(2,3)13(18)19-4/h5-6H,7-8H2,1-4H3,(H,15,17). The summed E-state index contributed by atoms with van der Waals surface area (Å²) in [4.78, 5) is 35.5. The molecular weight excluding hydrogens is 278 g/mol. The molecule has 5 nitrogen and oxygen atoms in total. The number of carbonyl (C=O) groups excluding carboxylic acids is 3. The van der Waals surface area contributed by atoms with Crippen molar-refractivity contribution < 1.29 is 19.1 Å². The van der Waals surface area contributed by atoms with Gasteiger partial charge in [-0.25, -0.2) is 4.79 Å². The number of carbonyl (C=O) groups is 3. The number of nitrogens with one attached hydrogen (secondary N) is 1. The van der Waals surface area contributed by atoms with E-state index in [1.807, 2.05) is 11.4 Å². The zero-order valence-corrected chi connectivity index (χ0v) is 12.9. The first-order valence-corrected chi connectivity index (χ1v) is 7.08. The summed E-state index contributed by atoms with van der Waals surface area (Å²) in [5.74, 6) is -0.715. The van der Waals surface area contributed by atoms with Gasteiger partial charge in [-0.1, -0.05) is 0 Å². The lowest BCUT2D eigenvalue weighted by Gasteiger charge is -2.23. The summed E-state index contributed by atoms with van der Waals surface area (Å²) in [6.45, 7) is 4.69. The van der Waals surface area contributed by atoms with Crippen LogP contribution in [0.1, 0.15) is 31.2 Å². The van der Waals surface area contributed by atoms with Crippen molar-refractivity contribution in [3.63, 3.8) is 0 Å². The van der Waals surface area contributed by atoms with Gasteiger partial charge in [-0.15, -0.1) is 11.3 Å². The van der Waals surface area contributed by atoms with Crippen molar-refractivity contribution in [1.82, 2.24) is 5.32 Å². The Balaban J connectivity index is 2.70. The second kappa shape index (κ2) is 6.65. The Labute approximate surface area is 122 Å². The SMILES string of the molecule is COC(=O)C(C)(C)NC(=O)Cc1ccsc1CC(C)=O. The maximum Gasteiger partial charge on any atom is 0.330 e. The van der Waals surface area contributed by atoms with Crippen molar-refractivity contribution in [3.8, 4) is 0 Å². The largest absolute Gasteiger partial charge is 0.467 e. The quantitative estimate of drug-likeness (QED) is 0.807. The van der Waals surface area contributed by atoms with Crippen LogP contribution in [0.2, 0.25) is 0 Å². The molecule has 1 heterocycles. The number of ether oxygens (including phenoxy) is 1. The Kier molecular flexibility index (Phi) is 5.44. The maximum absolute atomic E-state index is 12.0. The van der Waals surface area contributed by atoms with Gasteiger partial charge >= 0.3 is 5.97 Å². The molecule has 0 radical (unpaired) electrons. The fraction of sp³-hybridized carbons (Fsp3) is 0.500. The van der Waals surface area contributed by atoms with Gasteiger partial charge < -0.3 is 10.1 Å². The summed E-state index contributed by atoms with van der Waals surface area (Å²) in [5, 5.41) is 4.49. The van der Waals surface area contributed by atoms with Gasteiger partial charge in [-0.2, -0.15) is 0 Å². The van der Waals surface area contributed by atoms with Gasteiger partial charge in [0.15, 0.2) is 0 Å². The van der Waals surface area contributed by atoms with E-state index in [0.717, 1.165) is 10.4 Å². The summed E-state index contributed by atoms with van der Waals surface area (Å²) >= 11 is 1.46. The molecule has 1 amide bonds. The van der Waals surface area contributed by atoms with Gasteiger partial charge in [0.1, 0.15) is 11.3 Å². The number of hydrogen-bond acceptors (Lipinski definition) is 5. The lowest BCUT2D eigenvalue weighted by atomic mass is 10.0. The number of Topliss-reactive ketones (excluding diaryl/α,β-unsaturated/α-hetero) is 1. The van der Waals surface area contributed by atoms with Gasteiger partial charge in [-0.05, 0) is 37.8 Å². The molecule has 0 aliphatic heterocycles. The average molecular weight is 297 g/mol. The Hall–Kier alpha value is -1.69. The van der Waals surface area contributed by atoms with Gasteiger partial charge in [-0.3, -0.25) is 9.59 Å². The first-order valence-electron chi connectivity index (χ1n) is 6.20. The van der Waals surface area contributed by atoms with Crippen molar-refractivity contribution in [2.45, 2.75) is 39.2 Å². The van der Waals surface area contributed by atoms with Crippen molar-refractivity contribution in [1.29, 1.82) is 0 Å².